The fourth-order valence-electron chi connectivity index (χ4n) is 3.04. The number of nitrogens with one attached hydrogen (secondary N) is 2. The molecule has 30 heavy (non-hydrogen) atoms. The average molecular weight is 416 g/mol. The molecule has 5 nitrogen and oxygen atoms in total. The molecular weight excluding hydrogens is 390 g/mol. The summed E-state index contributed by atoms with van der Waals surface area (Å²) >= 11 is 0. The molecule has 0 saturated carbocycles. The number of halogens is 2. The second kappa shape index (κ2) is 10.6. The first-order valence-electron chi connectivity index (χ1n) is 9.79. The monoisotopic (exact) mass is 416 g/mol. The Balaban J connectivity index is 1.98. The van der Waals surface area contributed by atoms with Crippen molar-refractivity contribution >= 4 is 17.6 Å². The van der Waals surface area contributed by atoms with Crippen molar-refractivity contribution in [1.29, 1.82) is 0 Å². The summed E-state index contributed by atoms with van der Waals surface area (Å²) in [6.07, 6.45) is 0.749. The summed E-state index contributed by atoms with van der Waals surface area (Å²) in [6, 6.07) is 9.07. The Kier molecular flexibility index (Phi) is 8.21. The number of carbonyl (C=O) groups is 3. The van der Waals surface area contributed by atoms with E-state index in [2.05, 4.69) is 24.5 Å². The van der Waals surface area contributed by atoms with Gasteiger partial charge >= 0.3 is 0 Å². The number of carbonyl (C=O) groups excluding carboxylic acids is 3. The molecule has 7 heteroatoms. The third-order valence-corrected chi connectivity index (χ3v) is 4.59. The molecule has 2 aromatic rings. The summed E-state index contributed by atoms with van der Waals surface area (Å²) in [5.74, 6) is -2.97. The Hall–Kier alpha value is -3.09. The van der Waals surface area contributed by atoms with Crippen LogP contribution in [-0.2, 0) is 16.0 Å². The largest absolute Gasteiger partial charge is 0.357 e. The van der Waals surface area contributed by atoms with Crippen LogP contribution in [0.3, 0.4) is 0 Å². The van der Waals surface area contributed by atoms with Gasteiger partial charge in [0.2, 0.25) is 11.8 Å². The van der Waals surface area contributed by atoms with Crippen LogP contribution in [0.15, 0.2) is 42.5 Å². The van der Waals surface area contributed by atoms with Crippen LogP contribution in [0, 0.1) is 17.6 Å². The fourth-order valence-corrected chi connectivity index (χ4v) is 3.04. The van der Waals surface area contributed by atoms with Crippen molar-refractivity contribution in [3.8, 4) is 0 Å². The van der Waals surface area contributed by atoms with E-state index in [4.69, 9.17) is 0 Å². The van der Waals surface area contributed by atoms with Crippen LogP contribution in [0.25, 0.3) is 0 Å². The highest BCUT2D eigenvalue weighted by Gasteiger charge is 2.23. The van der Waals surface area contributed by atoms with Crippen LogP contribution in [0.1, 0.15) is 54.2 Å². The van der Waals surface area contributed by atoms with Crippen LogP contribution < -0.4 is 10.6 Å². The van der Waals surface area contributed by atoms with Crippen molar-refractivity contribution < 1.29 is 23.2 Å². The van der Waals surface area contributed by atoms with E-state index in [1.54, 1.807) is 12.1 Å². The van der Waals surface area contributed by atoms with E-state index >= 15 is 0 Å². The minimum atomic E-state index is -1.19. The van der Waals surface area contributed by atoms with Gasteiger partial charge in [0.05, 0.1) is 0 Å². The zero-order valence-corrected chi connectivity index (χ0v) is 17.3. The van der Waals surface area contributed by atoms with E-state index in [9.17, 15) is 23.2 Å². The van der Waals surface area contributed by atoms with Gasteiger partial charge in [-0.1, -0.05) is 44.2 Å². The first-order valence-corrected chi connectivity index (χ1v) is 9.79. The lowest BCUT2D eigenvalue weighted by Crippen LogP contribution is -2.39. The van der Waals surface area contributed by atoms with Crippen molar-refractivity contribution in [3.05, 3.63) is 70.8 Å². The number of Topliss-reactive ketones (excluding diaryl/α,β-unsaturated/α-hetero) is 1. The molecule has 0 aliphatic rings. The van der Waals surface area contributed by atoms with Crippen molar-refractivity contribution in [2.45, 2.75) is 39.2 Å². The van der Waals surface area contributed by atoms with Gasteiger partial charge in [-0.15, -0.1) is 0 Å². The molecule has 2 N–H and O–H groups in total. The summed E-state index contributed by atoms with van der Waals surface area (Å²) in [5, 5.41) is 4.85. The Morgan fingerprint density at radius 2 is 1.60 bits per heavy atom. The third kappa shape index (κ3) is 6.47. The Morgan fingerprint density at radius 3 is 2.17 bits per heavy atom. The first-order chi connectivity index (χ1) is 14.2. The molecule has 1 unspecified atom stereocenters. The highest BCUT2D eigenvalue weighted by atomic mass is 19.2. The quantitative estimate of drug-likeness (QED) is 0.612. The summed E-state index contributed by atoms with van der Waals surface area (Å²) in [5.41, 5.74) is 1.76. The molecular formula is C23H26F2N2O3. The zero-order valence-electron chi connectivity index (χ0n) is 17.3. The maximum Gasteiger partial charge on any atom is 0.246 e. The predicted molar refractivity (Wildman–Crippen MR) is 110 cm³/mol. The van der Waals surface area contributed by atoms with E-state index < -0.39 is 29.5 Å². The van der Waals surface area contributed by atoms with Crippen LogP contribution in [0.5, 0.6) is 0 Å². The fraction of sp³-hybridized carbons (Fsp3) is 0.348. The molecule has 1 atom stereocenters. The van der Waals surface area contributed by atoms with E-state index in [1.165, 1.54) is 13.1 Å². The molecule has 0 saturated heterocycles. The normalized spacial score (nSPS) is 11.8. The van der Waals surface area contributed by atoms with Crippen molar-refractivity contribution in [2.75, 3.05) is 7.05 Å². The maximum absolute atomic E-state index is 13.5. The van der Waals surface area contributed by atoms with Gasteiger partial charge < -0.3 is 10.6 Å². The lowest BCUT2D eigenvalue weighted by molar-refractivity contribution is -0.128. The summed E-state index contributed by atoms with van der Waals surface area (Å²) < 4.78 is 26.7. The van der Waals surface area contributed by atoms with Crippen LogP contribution in [-0.4, -0.2) is 24.6 Å². The molecule has 0 aliphatic heterocycles. The minimum Gasteiger partial charge on any atom is -0.357 e. The molecule has 0 fully saturated rings. The summed E-state index contributed by atoms with van der Waals surface area (Å²) in [4.78, 5) is 36.8. The molecule has 0 radical (unpaired) electrons. The first kappa shape index (κ1) is 23.2. The Labute approximate surface area is 174 Å². The lowest BCUT2D eigenvalue weighted by Gasteiger charge is -2.18. The van der Waals surface area contributed by atoms with Crippen LogP contribution >= 0.6 is 0 Å². The Morgan fingerprint density at radius 1 is 0.933 bits per heavy atom. The second-order valence-electron chi connectivity index (χ2n) is 7.51. The highest BCUT2D eigenvalue weighted by molar-refractivity contribution is 5.98. The van der Waals surface area contributed by atoms with Gasteiger partial charge in [-0.3, -0.25) is 14.4 Å². The average Bonchev–Trinajstić information content (AvgIpc) is 2.72. The summed E-state index contributed by atoms with van der Waals surface area (Å²) in [7, 11) is 1.37. The molecule has 0 aromatic heterocycles. The van der Waals surface area contributed by atoms with Gasteiger partial charge in [-0.2, -0.15) is 0 Å². The molecule has 2 aromatic carbocycles. The SMILES string of the molecule is CNC(=O)C(NC(=O)CCC(=O)c1ccc(CC(C)C)cc1)c1ccc(F)c(F)c1. The molecule has 2 rings (SSSR count). The van der Waals surface area contributed by atoms with Gasteiger partial charge in [0.1, 0.15) is 6.04 Å². The zero-order chi connectivity index (χ0) is 22.3. The standard InChI is InChI=1S/C23H26F2N2O3/c1-14(2)12-15-4-6-16(7-5-15)20(28)10-11-21(29)27-22(23(30)26-3)17-8-9-18(24)19(25)13-17/h4-9,13-14,22H,10-12H2,1-3H3,(H,26,30)(H,27,29). The van der Waals surface area contributed by atoms with E-state index in [-0.39, 0.29) is 24.2 Å². The van der Waals surface area contributed by atoms with Crippen LogP contribution in [0.4, 0.5) is 8.78 Å². The topological polar surface area (TPSA) is 75.3 Å². The highest BCUT2D eigenvalue weighted by Crippen LogP contribution is 2.18. The number of amides is 2. The minimum absolute atomic E-state index is 0.0341. The van der Waals surface area contributed by atoms with Gasteiger partial charge in [-0.05, 0) is 35.6 Å². The lowest BCUT2D eigenvalue weighted by atomic mass is 9.99. The molecule has 0 aliphatic carbocycles. The predicted octanol–water partition coefficient (Wildman–Crippen LogP) is 3.73. The van der Waals surface area contributed by atoms with E-state index in [1.807, 2.05) is 12.1 Å². The smallest absolute Gasteiger partial charge is 0.246 e. The van der Waals surface area contributed by atoms with Gasteiger partial charge in [-0.25, -0.2) is 8.78 Å². The van der Waals surface area contributed by atoms with Gasteiger partial charge in [0.25, 0.3) is 0 Å². The molecule has 0 spiro atoms. The Bertz CT molecular complexity index is 911. The van der Waals surface area contributed by atoms with Crippen molar-refractivity contribution in [3.63, 3.8) is 0 Å². The molecule has 0 bridgehead atoms. The number of likely N-dealkylation sites (N-methyl/N-ethyl adjacent to an activating group) is 1. The van der Waals surface area contributed by atoms with Gasteiger partial charge in [0, 0.05) is 25.5 Å². The van der Waals surface area contributed by atoms with Crippen molar-refractivity contribution in [1.82, 2.24) is 10.6 Å². The molecule has 0 heterocycles. The van der Waals surface area contributed by atoms with E-state index in [0.29, 0.717) is 11.5 Å². The third-order valence-electron chi connectivity index (χ3n) is 4.59. The second-order valence-corrected chi connectivity index (χ2v) is 7.51. The number of hydrogen-bond donors (Lipinski definition) is 2. The maximum atomic E-state index is 13.5. The number of hydrogen-bond acceptors (Lipinski definition) is 3. The molecule has 160 valence electrons. The number of benzene rings is 2. The summed E-state index contributed by atoms with van der Waals surface area (Å²) in [6.45, 7) is 4.23. The number of ketones is 1. The number of rotatable bonds is 9. The van der Waals surface area contributed by atoms with Crippen LogP contribution in [0.2, 0.25) is 0 Å². The van der Waals surface area contributed by atoms with E-state index in [0.717, 1.165) is 24.1 Å². The van der Waals surface area contributed by atoms with Gasteiger partial charge in [0.15, 0.2) is 17.4 Å². The van der Waals surface area contributed by atoms with Crippen molar-refractivity contribution in [2.24, 2.45) is 5.92 Å². The molecule has 2 amide bonds.